The molecule has 8 nitrogen and oxygen atoms in total. The zero-order chi connectivity index (χ0) is 20.5. The molecule has 2 heterocycles. The molecule has 27 heavy (non-hydrogen) atoms. The number of halogens is 1. The number of nitrogens with one attached hydrogen (secondary N) is 1. The Morgan fingerprint density at radius 1 is 1.33 bits per heavy atom. The van der Waals surface area contributed by atoms with Crippen molar-refractivity contribution in [1.82, 2.24) is 20.3 Å². The van der Waals surface area contributed by atoms with Crippen LogP contribution < -0.4 is 5.32 Å². The van der Waals surface area contributed by atoms with Gasteiger partial charge in [0.05, 0.1) is 23.9 Å². The Labute approximate surface area is 159 Å². The molecule has 0 saturated carbocycles. The highest BCUT2D eigenvalue weighted by molar-refractivity contribution is 6.54. The molecular formula is C17H28BFN4O4. The summed E-state index contributed by atoms with van der Waals surface area (Å²) in [6.45, 7) is 13.5. The molecule has 0 unspecified atom stereocenters. The lowest BCUT2D eigenvalue weighted by Crippen LogP contribution is -2.41. The number of ether oxygens (including phenoxy) is 1. The van der Waals surface area contributed by atoms with Crippen molar-refractivity contribution in [2.24, 2.45) is 0 Å². The molecule has 1 saturated heterocycles. The molecule has 0 aliphatic carbocycles. The summed E-state index contributed by atoms with van der Waals surface area (Å²) < 4.78 is 32.4. The number of carbonyl (C=O) groups excluding carboxylic acids is 1. The molecule has 0 radical (unpaired) electrons. The maximum Gasteiger partial charge on any atom is 0.525 e. The molecule has 1 N–H and O–H groups in total. The van der Waals surface area contributed by atoms with Crippen LogP contribution in [0.3, 0.4) is 0 Å². The fourth-order valence-electron chi connectivity index (χ4n) is 2.24. The highest BCUT2D eigenvalue weighted by Crippen LogP contribution is 2.38. The molecule has 1 fully saturated rings. The maximum atomic E-state index is 14.5. The number of hydrogen-bond acceptors (Lipinski definition) is 6. The highest BCUT2D eigenvalue weighted by atomic mass is 19.1. The number of nitrogens with zero attached hydrogens (tertiary/aromatic N) is 3. The summed E-state index contributed by atoms with van der Waals surface area (Å²) in [6.07, 6.45) is 2.30. The molecule has 150 valence electrons. The number of rotatable bonds is 5. The van der Waals surface area contributed by atoms with Crippen molar-refractivity contribution in [3.8, 4) is 0 Å². The quantitative estimate of drug-likeness (QED) is 0.788. The highest BCUT2D eigenvalue weighted by Gasteiger charge is 2.53. The third-order valence-corrected chi connectivity index (χ3v) is 4.33. The SMILES string of the molecule is CC(C)(C)OC(=O)NCCn1cc(C=C(F)B2OC(C)(C)C(C)(C)O2)nn1. The van der Waals surface area contributed by atoms with Gasteiger partial charge in [0.15, 0.2) is 0 Å². The second-order valence-corrected chi connectivity index (χ2v) is 8.45. The molecule has 0 spiro atoms. The van der Waals surface area contributed by atoms with Gasteiger partial charge in [-0.05, 0) is 54.5 Å². The average Bonchev–Trinajstić information content (AvgIpc) is 2.99. The fourth-order valence-corrected chi connectivity index (χ4v) is 2.24. The average molecular weight is 382 g/mol. The minimum atomic E-state index is -1.08. The van der Waals surface area contributed by atoms with Gasteiger partial charge < -0.3 is 19.4 Å². The first kappa shape index (κ1) is 21.4. The van der Waals surface area contributed by atoms with Crippen LogP contribution in [0.15, 0.2) is 11.9 Å². The van der Waals surface area contributed by atoms with E-state index < -0.39 is 35.7 Å². The monoisotopic (exact) mass is 382 g/mol. The zero-order valence-corrected chi connectivity index (χ0v) is 17.0. The van der Waals surface area contributed by atoms with E-state index in [0.717, 1.165) is 0 Å². The summed E-state index contributed by atoms with van der Waals surface area (Å²) in [4.78, 5) is 11.6. The summed E-state index contributed by atoms with van der Waals surface area (Å²) in [5.41, 5.74) is -2.03. The number of carbonyl (C=O) groups is 1. The summed E-state index contributed by atoms with van der Waals surface area (Å²) in [5, 5.41) is 10.4. The third kappa shape index (κ3) is 5.77. The number of hydrogen-bond donors (Lipinski definition) is 1. The van der Waals surface area contributed by atoms with Gasteiger partial charge in [0.25, 0.3) is 0 Å². The lowest BCUT2D eigenvalue weighted by molar-refractivity contribution is 0.00578. The van der Waals surface area contributed by atoms with Crippen molar-refractivity contribution in [1.29, 1.82) is 0 Å². The number of aromatic nitrogens is 3. The Kier molecular flexibility index (Phi) is 6.01. The summed E-state index contributed by atoms with van der Waals surface area (Å²) in [7, 11) is -1.08. The molecule has 0 bridgehead atoms. The number of alkyl carbamates (subject to hydrolysis) is 1. The van der Waals surface area contributed by atoms with Crippen LogP contribution in [0.1, 0.15) is 54.2 Å². The molecule has 1 aromatic rings. The van der Waals surface area contributed by atoms with E-state index in [1.54, 1.807) is 27.0 Å². The summed E-state index contributed by atoms with van der Waals surface area (Å²) in [6, 6.07) is 0. The van der Waals surface area contributed by atoms with E-state index in [2.05, 4.69) is 15.6 Å². The summed E-state index contributed by atoms with van der Waals surface area (Å²) in [5.74, 6) is 0. The maximum absolute atomic E-state index is 14.5. The van der Waals surface area contributed by atoms with E-state index in [-0.39, 0.29) is 0 Å². The molecular weight excluding hydrogens is 354 g/mol. The lowest BCUT2D eigenvalue weighted by atomic mass is 9.87. The first-order valence-corrected chi connectivity index (χ1v) is 8.89. The van der Waals surface area contributed by atoms with Gasteiger partial charge in [-0.1, -0.05) is 5.21 Å². The Bertz CT molecular complexity index is 696. The van der Waals surface area contributed by atoms with E-state index in [1.807, 2.05) is 27.7 Å². The van der Waals surface area contributed by atoms with Gasteiger partial charge >= 0.3 is 13.2 Å². The van der Waals surface area contributed by atoms with Crippen molar-refractivity contribution < 1.29 is 23.2 Å². The molecule has 0 atom stereocenters. The van der Waals surface area contributed by atoms with Crippen LogP contribution >= 0.6 is 0 Å². The normalized spacial score (nSPS) is 19.3. The van der Waals surface area contributed by atoms with Gasteiger partial charge in [0.2, 0.25) is 0 Å². The Morgan fingerprint density at radius 2 is 1.93 bits per heavy atom. The molecule has 1 aliphatic rings. The van der Waals surface area contributed by atoms with E-state index in [0.29, 0.717) is 18.8 Å². The van der Waals surface area contributed by atoms with Crippen LogP contribution in [0.2, 0.25) is 0 Å². The standard InChI is InChI=1S/C17H28BFN4O4/c1-15(2,3)25-14(24)20-8-9-23-11-12(21-22-23)10-13(19)18-26-16(4,5)17(6,7)27-18/h10-11H,8-9H2,1-7H3,(H,20,24). The van der Waals surface area contributed by atoms with Crippen LogP contribution in [0.25, 0.3) is 6.08 Å². The predicted molar refractivity (Wildman–Crippen MR) is 99.4 cm³/mol. The largest absolute Gasteiger partial charge is 0.525 e. The van der Waals surface area contributed by atoms with Crippen molar-refractivity contribution in [3.63, 3.8) is 0 Å². The second-order valence-electron chi connectivity index (χ2n) is 8.45. The van der Waals surface area contributed by atoms with Gasteiger partial charge in [0.1, 0.15) is 17.0 Å². The van der Waals surface area contributed by atoms with E-state index >= 15 is 0 Å². The molecule has 1 aromatic heterocycles. The minimum Gasteiger partial charge on any atom is -0.444 e. The second kappa shape index (κ2) is 7.59. The predicted octanol–water partition coefficient (Wildman–Crippen LogP) is 2.74. The van der Waals surface area contributed by atoms with Crippen molar-refractivity contribution in [2.75, 3.05) is 6.54 Å². The van der Waals surface area contributed by atoms with Crippen LogP contribution in [0.5, 0.6) is 0 Å². The van der Waals surface area contributed by atoms with Crippen molar-refractivity contribution >= 4 is 19.3 Å². The Hall–Kier alpha value is -1.94. The van der Waals surface area contributed by atoms with E-state index in [1.165, 1.54) is 10.8 Å². The summed E-state index contributed by atoms with van der Waals surface area (Å²) >= 11 is 0. The Balaban J connectivity index is 1.88. The molecule has 0 aromatic carbocycles. The number of amides is 1. The van der Waals surface area contributed by atoms with Crippen LogP contribution in [-0.2, 0) is 20.6 Å². The van der Waals surface area contributed by atoms with E-state index in [9.17, 15) is 9.18 Å². The van der Waals surface area contributed by atoms with Gasteiger partial charge in [-0.25, -0.2) is 9.18 Å². The first-order chi connectivity index (χ1) is 12.3. The first-order valence-electron chi connectivity index (χ1n) is 8.89. The van der Waals surface area contributed by atoms with Gasteiger partial charge in [-0.2, -0.15) is 0 Å². The van der Waals surface area contributed by atoms with Crippen LogP contribution in [-0.4, -0.2) is 51.6 Å². The van der Waals surface area contributed by atoms with E-state index in [4.69, 9.17) is 14.0 Å². The molecule has 2 rings (SSSR count). The minimum absolute atomic E-state index is 0.307. The smallest absolute Gasteiger partial charge is 0.444 e. The van der Waals surface area contributed by atoms with Gasteiger partial charge in [0, 0.05) is 6.54 Å². The van der Waals surface area contributed by atoms with Crippen molar-refractivity contribution in [2.45, 2.75) is 71.8 Å². The molecule has 1 amide bonds. The van der Waals surface area contributed by atoms with Crippen LogP contribution in [0, 0.1) is 0 Å². The third-order valence-electron chi connectivity index (χ3n) is 4.33. The van der Waals surface area contributed by atoms with Gasteiger partial charge in [-0.15, -0.1) is 5.10 Å². The topological polar surface area (TPSA) is 87.5 Å². The zero-order valence-electron chi connectivity index (χ0n) is 17.0. The fraction of sp³-hybridized carbons (Fsp3) is 0.706. The van der Waals surface area contributed by atoms with Crippen molar-refractivity contribution in [3.05, 3.63) is 17.6 Å². The molecule has 10 heteroatoms. The molecule has 1 aliphatic heterocycles. The van der Waals surface area contributed by atoms with Gasteiger partial charge in [-0.3, -0.25) is 4.68 Å². The Morgan fingerprint density at radius 3 is 2.48 bits per heavy atom. The lowest BCUT2D eigenvalue weighted by Gasteiger charge is -2.32. The van der Waals surface area contributed by atoms with Crippen LogP contribution in [0.4, 0.5) is 9.18 Å².